The number of hydrogen-bond donors (Lipinski definition) is 1. The number of amides is 2. The molecule has 0 aromatic heterocycles. The fraction of sp³-hybridized carbons (Fsp3) is 0.391. The molecule has 0 aliphatic carbocycles. The molecule has 2 aromatic rings. The Balaban J connectivity index is 2.49. The molecule has 0 saturated carbocycles. The van der Waals surface area contributed by atoms with Gasteiger partial charge in [-0.05, 0) is 37.1 Å². The van der Waals surface area contributed by atoms with Crippen molar-refractivity contribution in [3.63, 3.8) is 0 Å². The summed E-state index contributed by atoms with van der Waals surface area (Å²) in [5, 5.41) is 14.5. The van der Waals surface area contributed by atoms with Crippen molar-refractivity contribution < 1.29 is 27.7 Å². The van der Waals surface area contributed by atoms with Gasteiger partial charge in [-0.25, -0.2) is 8.42 Å². The predicted octanol–water partition coefficient (Wildman–Crippen LogP) is 2.97. The van der Waals surface area contributed by atoms with Gasteiger partial charge in [0.2, 0.25) is 21.8 Å². The molecule has 2 amide bonds. The Morgan fingerprint density at radius 2 is 1.83 bits per heavy atom. The van der Waals surface area contributed by atoms with Crippen molar-refractivity contribution >= 4 is 44.8 Å². The van der Waals surface area contributed by atoms with Crippen molar-refractivity contribution in [1.29, 1.82) is 0 Å². The number of rotatable bonds is 12. The number of ether oxygens (including phenoxy) is 1. The van der Waals surface area contributed by atoms with Gasteiger partial charge in [-0.1, -0.05) is 30.7 Å². The van der Waals surface area contributed by atoms with Crippen molar-refractivity contribution in [3.05, 3.63) is 63.2 Å². The number of methoxy groups -OCH3 is 1. The number of carbonyl (C=O) groups is 2. The van der Waals surface area contributed by atoms with E-state index in [-0.39, 0.29) is 23.7 Å². The first-order valence-corrected chi connectivity index (χ1v) is 13.2. The zero-order chi connectivity index (χ0) is 27.0. The highest BCUT2D eigenvalue weighted by Gasteiger charge is 2.31. The third kappa shape index (κ3) is 7.56. The van der Waals surface area contributed by atoms with Crippen LogP contribution in [0.2, 0.25) is 5.02 Å². The van der Waals surface area contributed by atoms with E-state index in [1.165, 1.54) is 25.0 Å². The molecule has 0 radical (unpaired) electrons. The number of benzene rings is 2. The number of nitrogens with zero attached hydrogens (tertiary/aromatic N) is 3. The van der Waals surface area contributed by atoms with Crippen molar-refractivity contribution in [2.24, 2.45) is 0 Å². The third-order valence-corrected chi connectivity index (χ3v) is 6.68. The Hall–Kier alpha value is -3.38. The minimum Gasteiger partial charge on any atom is -0.495 e. The third-order valence-electron chi connectivity index (χ3n) is 5.30. The number of sulfonamides is 1. The SMILES string of the molecule is CCCNC(=O)[C@@H](C)N(Cc1ccc(Cl)cc1)C(=O)CN(c1cc([N+](=O)[O-])ccc1OC)S(C)(=O)=O. The van der Waals surface area contributed by atoms with Gasteiger partial charge in [-0.3, -0.25) is 24.0 Å². The van der Waals surface area contributed by atoms with Gasteiger partial charge in [0.15, 0.2) is 0 Å². The topological polar surface area (TPSA) is 139 Å². The first kappa shape index (κ1) is 28.9. The van der Waals surface area contributed by atoms with Gasteiger partial charge in [0, 0.05) is 30.2 Å². The molecule has 0 fully saturated rings. The molecule has 1 N–H and O–H groups in total. The van der Waals surface area contributed by atoms with Crippen LogP contribution in [0.25, 0.3) is 0 Å². The van der Waals surface area contributed by atoms with Gasteiger partial charge in [0.25, 0.3) is 5.69 Å². The van der Waals surface area contributed by atoms with Crippen LogP contribution in [0.1, 0.15) is 25.8 Å². The van der Waals surface area contributed by atoms with Crippen LogP contribution in [0.4, 0.5) is 11.4 Å². The van der Waals surface area contributed by atoms with Gasteiger partial charge in [0.1, 0.15) is 24.0 Å². The fourth-order valence-corrected chi connectivity index (χ4v) is 4.32. The number of anilines is 1. The molecule has 1 atom stereocenters. The quantitative estimate of drug-likeness (QED) is 0.322. The highest BCUT2D eigenvalue weighted by atomic mass is 35.5. The van der Waals surface area contributed by atoms with E-state index in [2.05, 4.69) is 5.32 Å². The Labute approximate surface area is 215 Å². The molecule has 0 saturated heterocycles. The van der Waals surface area contributed by atoms with Crippen LogP contribution in [-0.4, -0.2) is 62.6 Å². The summed E-state index contributed by atoms with van der Waals surface area (Å²) >= 11 is 5.95. The summed E-state index contributed by atoms with van der Waals surface area (Å²) in [6, 6.07) is 9.16. The average molecular weight is 541 g/mol. The number of nitrogens with one attached hydrogen (secondary N) is 1. The predicted molar refractivity (Wildman–Crippen MR) is 137 cm³/mol. The molecule has 0 aliphatic heterocycles. The molecule has 0 bridgehead atoms. The minimum atomic E-state index is -4.09. The number of nitro benzene ring substituents is 1. The van der Waals surface area contributed by atoms with Crippen molar-refractivity contribution in [3.8, 4) is 5.75 Å². The van der Waals surface area contributed by atoms with Gasteiger partial charge in [-0.2, -0.15) is 0 Å². The number of halogens is 1. The Kier molecular flexibility index (Phi) is 10.1. The van der Waals surface area contributed by atoms with Crippen molar-refractivity contribution in [2.45, 2.75) is 32.9 Å². The zero-order valence-corrected chi connectivity index (χ0v) is 22.0. The van der Waals surface area contributed by atoms with E-state index < -0.39 is 39.3 Å². The summed E-state index contributed by atoms with van der Waals surface area (Å²) in [6.07, 6.45) is 1.57. The van der Waals surface area contributed by atoms with Gasteiger partial charge < -0.3 is 15.0 Å². The molecule has 2 rings (SSSR count). The lowest BCUT2D eigenvalue weighted by atomic mass is 10.1. The van der Waals surface area contributed by atoms with E-state index in [0.717, 1.165) is 22.7 Å². The van der Waals surface area contributed by atoms with Crippen LogP contribution in [0.5, 0.6) is 5.75 Å². The Morgan fingerprint density at radius 3 is 2.36 bits per heavy atom. The molecule has 0 spiro atoms. The van der Waals surface area contributed by atoms with Crippen molar-refractivity contribution in [1.82, 2.24) is 10.2 Å². The second-order valence-corrected chi connectivity index (χ2v) is 10.3. The molecule has 2 aromatic carbocycles. The molecule has 0 heterocycles. The van der Waals surface area contributed by atoms with Gasteiger partial charge in [0.05, 0.1) is 18.3 Å². The molecular weight excluding hydrogens is 512 g/mol. The summed E-state index contributed by atoms with van der Waals surface area (Å²) in [5.41, 5.74) is 0.121. The molecule has 196 valence electrons. The second kappa shape index (κ2) is 12.5. The average Bonchev–Trinajstić information content (AvgIpc) is 2.83. The molecule has 0 aliphatic rings. The van der Waals surface area contributed by atoms with E-state index in [9.17, 15) is 28.1 Å². The van der Waals surface area contributed by atoms with E-state index >= 15 is 0 Å². The van der Waals surface area contributed by atoms with E-state index in [4.69, 9.17) is 16.3 Å². The smallest absolute Gasteiger partial charge is 0.271 e. The van der Waals surface area contributed by atoms with Crippen LogP contribution in [-0.2, 0) is 26.2 Å². The molecular formula is C23H29ClN4O7S. The monoisotopic (exact) mass is 540 g/mol. The summed E-state index contributed by atoms with van der Waals surface area (Å²) in [5.74, 6) is -1.07. The lowest BCUT2D eigenvalue weighted by Gasteiger charge is -2.31. The maximum absolute atomic E-state index is 13.5. The zero-order valence-electron chi connectivity index (χ0n) is 20.4. The van der Waals surface area contributed by atoms with Crippen LogP contribution in [0, 0.1) is 10.1 Å². The van der Waals surface area contributed by atoms with Crippen LogP contribution < -0.4 is 14.4 Å². The number of non-ortho nitro benzene ring substituents is 1. The number of carbonyl (C=O) groups excluding carboxylic acids is 2. The van der Waals surface area contributed by atoms with Gasteiger partial charge in [-0.15, -0.1) is 0 Å². The van der Waals surface area contributed by atoms with E-state index in [1.54, 1.807) is 24.3 Å². The number of nitro groups is 1. The Morgan fingerprint density at radius 1 is 1.19 bits per heavy atom. The fourth-order valence-electron chi connectivity index (χ4n) is 3.35. The summed E-state index contributed by atoms with van der Waals surface area (Å²) in [6.45, 7) is 3.12. The Bertz CT molecular complexity index is 1210. The minimum absolute atomic E-state index is 0.000385. The summed E-state index contributed by atoms with van der Waals surface area (Å²) in [7, 11) is -2.82. The van der Waals surface area contributed by atoms with Gasteiger partial charge >= 0.3 is 0 Å². The summed E-state index contributed by atoms with van der Waals surface area (Å²) < 4.78 is 31.4. The molecule has 13 heteroatoms. The largest absolute Gasteiger partial charge is 0.495 e. The maximum atomic E-state index is 13.5. The summed E-state index contributed by atoms with van der Waals surface area (Å²) in [4.78, 5) is 38.1. The van der Waals surface area contributed by atoms with Crippen LogP contribution >= 0.6 is 11.6 Å². The van der Waals surface area contributed by atoms with E-state index in [0.29, 0.717) is 23.6 Å². The first-order chi connectivity index (χ1) is 16.9. The lowest BCUT2D eigenvalue weighted by Crippen LogP contribution is -2.51. The molecule has 11 nitrogen and oxygen atoms in total. The second-order valence-electron chi connectivity index (χ2n) is 8.00. The standard InChI is InChI=1S/C23H29ClN4O7S/c1-5-12-25-23(30)16(2)26(14-17-6-8-18(24)9-7-17)22(29)15-27(36(4,33)34)20-13-19(28(31)32)10-11-21(20)35-3/h6-11,13,16H,5,12,14-15H2,1-4H3,(H,25,30)/t16-/m1/s1. The first-order valence-electron chi connectivity index (χ1n) is 11.0. The maximum Gasteiger partial charge on any atom is 0.271 e. The van der Waals surface area contributed by atoms with E-state index in [1.807, 2.05) is 6.92 Å². The number of hydrogen-bond acceptors (Lipinski definition) is 7. The van der Waals surface area contributed by atoms with Crippen LogP contribution in [0.15, 0.2) is 42.5 Å². The lowest BCUT2D eigenvalue weighted by molar-refractivity contribution is -0.384. The highest BCUT2D eigenvalue weighted by Crippen LogP contribution is 2.33. The highest BCUT2D eigenvalue weighted by molar-refractivity contribution is 7.92. The molecule has 0 unspecified atom stereocenters. The van der Waals surface area contributed by atoms with Crippen molar-refractivity contribution in [2.75, 3.05) is 30.8 Å². The normalized spacial score (nSPS) is 11.9. The van der Waals surface area contributed by atoms with Crippen LogP contribution in [0.3, 0.4) is 0 Å². The molecule has 36 heavy (non-hydrogen) atoms.